The van der Waals surface area contributed by atoms with Crippen LogP contribution in [0.2, 0.25) is 0 Å². The molecule has 2 heterocycles. The molecule has 0 radical (unpaired) electrons. The van der Waals surface area contributed by atoms with Crippen molar-refractivity contribution in [2.24, 2.45) is 0 Å². The second kappa shape index (κ2) is 5.65. The molecule has 0 bridgehead atoms. The van der Waals surface area contributed by atoms with Crippen LogP contribution in [0.5, 0.6) is 0 Å². The Morgan fingerprint density at radius 2 is 2.17 bits per heavy atom. The molecular formula is C14H15N3S. The second-order valence-corrected chi connectivity index (χ2v) is 5.33. The van der Waals surface area contributed by atoms with Crippen LogP contribution in [0, 0.1) is 18.3 Å². The number of pyridine rings is 1. The minimum Gasteiger partial charge on any atom is -0.369 e. The maximum atomic E-state index is 9.06. The number of aryl methyl sites for hydroxylation is 1. The van der Waals surface area contributed by atoms with Crippen LogP contribution in [0.25, 0.3) is 10.6 Å². The summed E-state index contributed by atoms with van der Waals surface area (Å²) in [5, 5.41) is 12.3. The number of hydrogen-bond donors (Lipinski definition) is 1. The normalized spacial score (nSPS) is 10.1. The maximum absolute atomic E-state index is 9.06. The van der Waals surface area contributed by atoms with Crippen LogP contribution in [0.15, 0.2) is 24.3 Å². The lowest BCUT2D eigenvalue weighted by Gasteiger charge is -2.07. The molecule has 0 aliphatic heterocycles. The lowest BCUT2D eigenvalue weighted by Crippen LogP contribution is -2.04. The van der Waals surface area contributed by atoms with Crippen molar-refractivity contribution in [3.05, 3.63) is 34.7 Å². The van der Waals surface area contributed by atoms with E-state index < -0.39 is 0 Å². The third-order valence-electron chi connectivity index (χ3n) is 2.55. The fraction of sp³-hybridized carbons (Fsp3) is 0.286. The third kappa shape index (κ3) is 2.69. The van der Waals surface area contributed by atoms with Crippen LogP contribution in [0.3, 0.4) is 0 Å². The topological polar surface area (TPSA) is 48.7 Å². The molecule has 0 saturated heterocycles. The lowest BCUT2D eigenvalue weighted by molar-refractivity contribution is 0.968. The summed E-state index contributed by atoms with van der Waals surface area (Å²) in [5.74, 6) is 0.683. The highest BCUT2D eigenvalue weighted by Gasteiger charge is 2.07. The summed E-state index contributed by atoms with van der Waals surface area (Å²) in [5.41, 5.74) is 1.52. The average Bonchev–Trinajstić information content (AvgIpc) is 2.82. The molecule has 0 fully saturated rings. The zero-order valence-corrected chi connectivity index (χ0v) is 11.3. The smallest absolute Gasteiger partial charge is 0.144 e. The number of hydrogen-bond acceptors (Lipinski definition) is 4. The first-order valence-electron chi connectivity index (χ1n) is 5.96. The molecule has 1 N–H and O–H groups in total. The van der Waals surface area contributed by atoms with E-state index in [1.807, 2.05) is 12.1 Å². The molecule has 0 aliphatic carbocycles. The van der Waals surface area contributed by atoms with Gasteiger partial charge in [-0.1, -0.05) is 6.92 Å². The van der Waals surface area contributed by atoms with Gasteiger partial charge >= 0.3 is 0 Å². The molecule has 0 atom stereocenters. The van der Waals surface area contributed by atoms with Gasteiger partial charge in [0.2, 0.25) is 0 Å². The summed E-state index contributed by atoms with van der Waals surface area (Å²) in [6.07, 6.45) is 1.01. The van der Waals surface area contributed by atoms with Gasteiger partial charge in [0, 0.05) is 11.4 Å². The average molecular weight is 257 g/mol. The SMILES string of the molecule is CCCNc1nc(-c2ccc(C)s2)ccc1C#N. The molecule has 0 spiro atoms. The minimum absolute atomic E-state index is 0.598. The Bertz CT molecular complexity index is 581. The van der Waals surface area contributed by atoms with Crippen molar-refractivity contribution < 1.29 is 0 Å². The highest BCUT2D eigenvalue weighted by atomic mass is 32.1. The van der Waals surface area contributed by atoms with Gasteiger partial charge in [-0.05, 0) is 37.6 Å². The summed E-state index contributed by atoms with van der Waals surface area (Å²) in [6, 6.07) is 10.0. The molecule has 2 rings (SSSR count). The quantitative estimate of drug-likeness (QED) is 0.906. The van der Waals surface area contributed by atoms with Crippen molar-refractivity contribution in [1.29, 1.82) is 5.26 Å². The Hall–Kier alpha value is -1.86. The van der Waals surface area contributed by atoms with Gasteiger partial charge in [0.15, 0.2) is 0 Å². The van der Waals surface area contributed by atoms with Gasteiger partial charge in [0.25, 0.3) is 0 Å². The number of thiophene rings is 1. The second-order valence-electron chi connectivity index (χ2n) is 4.04. The van der Waals surface area contributed by atoms with Gasteiger partial charge in [-0.2, -0.15) is 5.26 Å². The van der Waals surface area contributed by atoms with Crippen molar-refractivity contribution in [3.63, 3.8) is 0 Å². The Balaban J connectivity index is 2.36. The first-order valence-corrected chi connectivity index (χ1v) is 6.78. The highest BCUT2D eigenvalue weighted by molar-refractivity contribution is 7.15. The first-order chi connectivity index (χ1) is 8.74. The fourth-order valence-electron chi connectivity index (χ4n) is 1.64. The van der Waals surface area contributed by atoms with Gasteiger partial charge in [-0.25, -0.2) is 4.98 Å². The van der Waals surface area contributed by atoms with Gasteiger partial charge in [-0.15, -0.1) is 11.3 Å². The number of anilines is 1. The van der Waals surface area contributed by atoms with Crippen molar-refractivity contribution in [3.8, 4) is 16.6 Å². The predicted octanol–water partition coefficient (Wildman–Crippen LogP) is 3.81. The van der Waals surface area contributed by atoms with Gasteiger partial charge in [0.1, 0.15) is 11.9 Å². The summed E-state index contributed by atoms with van der Waals surface area (Å²) in [4.78, 5) is 6.94. The van der Waals surface area contributed by atoms with Gasteiger partial charge in [-0.3, -0.25) is 0 Å². The van der Waals surface area contributed by atoms with E-state index in [0.717, 1.165) is 23.5 Å². The van der Waals surface area contributed by atoms with E-state index in [2.05, 4.69) is 42.4 Å². The van der Waals surface area contributed by atoms with Crippen LogP contribution in [-0.4, -0.2) is 11.5 Å². The third-order valence-corrected chi connectivity index (χ3v) is 3.57. The molecule has 18 heavy (non-hydrogen) atoms. The molecule has 2 aromatic heterocycles. The molecule has 0 aromatic carbocycles. The van der Waals surface area contributed by atoms with Crippen LogP contribution >= 0.6 is 11.3 Å². The van der Waals surface area contributed by atoms with Gasteiger partial charge in [0.05, 0.1) is 16.1 Å². The van der Waals surface area contributed by atoms with E-state index in [1.54, 1.807) is 11.3 Å². The molecule has 0 amide bonds. The Morgan fingerprint density at radius 1 is 1.33 bits per heavy atom. The molecular weight excluding hydrogens is 242 g/mol. The van der Waals surface area contributed by atoms with E-state index in [0.29, 0.717) is 11.4 Å². The molecule has 0 saturated carbocycles. The van der Waals surface area contributed by atoms with Crippen molar-refractivity contribution in [2.45, 2.75) is 20.3 Å². The van der Waals surface area contributed by atoms with Crippen molar-refractivity contribution >= 4 is 17.2 Å². The van der Waals surface area contributed by atoms with E-state index in [-0.39, 0.29) is 0 Å². The lowest BCUT2D eigenvalue weighted by atomic mass is 10.2. The summed E-state index contributed by atoms with van der Waals surface area (Å²) in [7, 11) is 0. The van der Waals surface area contributed by atoms with Gasteiger partial charge < -0.3 is 5.32 Å². The molecule has 2 aromatic rings. The Labute approximate surface area is 111 Å². The van der Waals surface area contributed by atoms with Crippen LogP contribution in [0.4, 0.5) is 5.82 Å². The molecule has 0 aliphatic rings. The fourth-order valence-corrected chi connectivity index (χ4v) is 2.47. The zero-order chi connectivity index (χ0) is 13.0. The van der Waals surface area contributed by atoms with Crippen molar-refractivity contribution in [1.82, 2.24) is 4.98 Å². The predicted molar refractivity (Wildman–Crippen MR) is 75.8 cm³/mol. The number of nitriles is 1. The van der Waals surface area contributed by atoms with Crippen LogP contribution in [-0.2, 0) is 0 Å². The largest absolute Gasteiger partial charge is 0.369 e. The highest BCUT2D eigenvalue weighted by Crippen LogP contribution is 2.28. The van der Waals surface area contributed by atoms with E-state index >= 15 is 0 Å². The van der Waals surface area contributed by atoms with Crippen molar-refractivity contribution in [2.75, 3.05) is 11.9 Å². The number of rotatable bonds is 4. The summed E-state index contributed by atoms with van der Waals surface area (Å²) < 4.78 is 0. The Morgan fingerprint density at radius 3 is 2.78 bits per heavy atom. The summed E-state index contributed by atoms with van der Waals surface area (Å²) >= 11 is 1.71. The Kier molecular flexibility index (Phi) is 3.96. The van der Waals surface area contributed by atoms with Crippen LogP contribution < -0.4 is 5.32 Å². The number of nitrogens with zero attached hydrogens (tertiary/aromatic N) is 2. The van der Waals surface area contributed by atoms with Crippen LogP contribution in [0.1, 0.15) is 23.8 Å². The first kappa shape index (κ1) is 12.6. The molecule has 3 nitrogen and oxygen atoms in total. The summed E-state index contributed by atoms with van der Waals surface area (Å²) in [6.45, 7) is 4.99. The monoisotopic (exact) mass is 257 g/mol. The van der Waals surface area contributed by atoms with E-state index in [4.69, 9.17) is 5.26 Å². The maximum Gasteiger partial charge on any atom is 0.144 e. The standard InChI is InChI=1S/C14H15N3S/c1-3-8-16-14-11(9-15)5-6-12(17-14)13-7-4-10(2)18-13/h4-7H,3,8H2,1-2H3,(H,16,17). The van der Waals surface area contributed by atoms with E-state index in [9.17, 15) is 0 Å². The molecule has 92 valence electrons. The molecule has 0 unspecified atom stereocenters. The minimum atomic E-state index is 0.598. The number of aromatic nitrogens is 1. The zero-order valence-electron chi connectivity index (χ0n) is 10.5. The van der Waals surface area contributed by atoms with E-state index in [1.165, 1.54) is 4.88 Å². The molecule has 4 heteroatoms. The number of nitrogens with one attached hydrogen (secondary N) is 1.